The number of amides is 1. The molecule has 1 amide bonds. The summed E-state index contributed by atoms with van der Waals surface area (Å²) >= 11 is 0. The molecule has 1 aromatic rings. The van der Waals surface area contributed by atoms with Crippen LogP contribution in [0.5, 0.6) is 0 Å². The Kier molecular flexibility index (Phi) is 2.87. The topological polar surface area (TPSA) is 55.1 Å². The third kappa shape index (κ3) is 2.19. The van der Waals surface area contributed by atoms with E-state index in [0.717, 1.165) is 12.1 Å². The number of hydrogen-bond acceptors (Lipinski definition) is 2. The van der Waals surface area contributed by atoms with Crippen molar-refractivity contribution in [2.45, 2.75) is 18.9 Å². The SMILES string of the molecule is NC1CC(C(=O)Nc2ccc(F)c(F)c2)C1. The largest absolute Gasteiger partial charge is 0.328 e. The van der Waals surface area contributed by atoms with Gasteiger partial charge in [-0.15, -0.1) is 0 Å². The zero-order chi connectivity index (χ0) is 11.7. The average molecular weight is 226 g/mol. The van der Waals surface area contributed by atoms with Crippen LogP contribution in [-0.2, 0) is 4.79 Å². The monoisotopic (exact) mass is 226 g/mol. The van der Waals surface area contributed by atoms with Crippen molar-refractivity contribution < 1.29 is 13.6 Å². The first-order chi connectivity index (χ1) is 7.56. The Morgan fingerprint density at radius 2 is 2.00 bits per heavy atom. The molecule has 0 aliphatic heterocycles. The molecular formula is C11H12F2N2O. The minimum absolute atomic E-state index is 0.0840. The molecule has 0 saturated heterocycles. The van der Waals surface area contributed by atoms with Gasteiger partial charge in [-0.05, 0) is 25.0 Å². The molecule has 0 aromatic heterocycles. The van der Waals surface area contributed by atoms with E-state index < -0.39 is 11.6 Å². The highest BCUT2D eigenvalue weighted by Gasteiger charge is 2.31. The predicted octanol–water partition coefficient (Wildman–Crippen LogP) is 1.64. The van der Waals surface area contributed by atoms with Crippen LogP contribution in [0.3, 0.4) is 0 Å². The molecule has 3 nitrogen and oxygen atoms in total. The van der Waals surface area contributed by atoms with Crippen molar-refractivity contribution in [2.24, 2.45) is 11.7 Å². The summed E-state index contributed by atoms with van der Waals surface area (Å²) in [6.45, 7) is 0. The summed E-state index contributed by atoms with van der Waals surface area (Å²) < 4.78 is 25.5. The van der Waals surface area contributed by atoms with Gasteiger partial charge in [0.2, 0.25) is 5.91 Å². The number of carbonyl (C=O) groups excluding carboxylic acids is 1. The summed E-state index contributed by atoms with van der Waals surface area (Å²) in [5, 5.41) is 2.53. The van der Waals surface area contributed by atoms with Crippen LogP contribution in [0.1, 0.15) is 12.8 Å². The fraction of sp³-hybridized carbons (Fsp3) is 0.364. The zero-order valence-electron chi connectivity index (χ0n) is 8.54. The van der Waals surface area contributed by atoms with Crippen molar-refractivity contribution in [1.29, 1.82) is 0 Å². The van der Waals surface area contributed by atoms with E-state index in [2.05, 4.69) is 5.32 Å². The molecule has 3 N–H and O–H groups in total. The molecule has 0 radical (unpaired) electrons. The van der Waals surface area contributed by atoms with Crippen LogP contribution < -0.4 is 11.1 Å². The Labute approximate surface area is 91.6 Å². The van der Waals surface area contributed by atoms with Crippen LogP contribution in [0, 0.1) is 17.6 Å². The highest BCUT2D eigenvalue weighted by molar-refractivity contribution is 5.93. The molecule has 1 aliphatic carbocycles. The van der Waals surface area contributed by atoms with Crippen molar-refractivity contribution in [1.82, 2.24) is 0 Å². The first-order valence-corrected chi connectivity index (χ1v) is 5.08. The molecule has 5 heteroatoms. The van der Waals surface area contributed by atoms with Crippen LogP contribution in [0.4, 0.5) is 14.5 Å². The molecule has 0 heterocycles. The summed E-state index contributed by atoms with van der Waals surface area (Å²) in [5.74, 6) is -2.19. The van der Waals surface area contributed by atoms with Crippen LogP contribution in [-0.4, -0.2) is 11.9 Å². The Morgan fingerprint density at radius 1 is 1.31 bits per heavy atom. The Morgan fingerprint density at radius 3 is 2.56 bits per heavy atom. The number of nitrogens with one attached hydrogen (secondary N) is 1. The van der Waals surface area contributed by atoms with Gasteiger partial charge < -0.3 is 11.1 Å². The zero-order valence-corrected chi connectivity index (χ0v) is 8.54. The van der Waals surface area contributed by atoms with Gasteiger partial charge in [-0.1, -0.05) is 0 Å². The minimum Gasteiger partial charge on any atom is -0.328 e. The smallest absolute Gasteiger partial charge is 0.227 e. The average Bonchev–Trinajstić information content (AvgIpc) is 2.19. The summed E-state index contributed by atoms with van der Waals surface area (Å²) in [7, 11) is 0. The van der Waals surface area contributed by atoms with Crippen molar-refractivity contribution in [3.8, 4) is 0 Å². The molecule has 1 saturated carbocycles. The molecule has 0 spiro atoms. The lowest BCUT2D eigenvalue weighted by atomic mass is 9.80. The second-order valence-corrected chi connectivity index (χ2v) is 4.05. The van der Waals surface area contributed by atoms with Gasteiger partial charge in [-0.3, -0.25) is 4.79 Å². The summed E-state index contributed by atoms with van der Waals surface area (Å²) in [6.07, 6.45) is 1.30. The Bertz CT molecular complexity index is 416. The lowest BCUT2D eigenvalue weighted by molar-refractivity contribution is -0.122. The lowest BCUT2D eigenvalue weighted by Gasteiger charge is -2.31. The van der Waals surface area contributed by atoms with Crippen molar-refractivity contribution >= 4 is 11.6 Å². The van der Waals surface area contributed by atoms with Crippen LogP contribution in [0.2, 0.25) is 0 Å². The Hall–Kier alpha value is -1.49. The van der Waals surface area contributed by atoms with E-state index in [1.807, 2.05) is 0 Å². The predicted molar refractivity (Wildman–Crippen MR) is 55.7 cm³/mol. The molecule has 0 unspecified atom stereocenters. The van der Waals surface area contributed by atoms with Crippen LogP contribution in [0.25, 0.3) is 0 Å². The van der Waals surface area contributed by atoms with Gasteiger partial charge in [-0.25, -0.2) is 8.78 Å². The first-order valence-electron chi connectivity index (χ1n) is 5.08. The van der Waals surface area contributed by atoms with Gasteiger partial charge in [0.15, 0.2) is 11.6 Å². The van der Waals surface area contributed by atoms with Gasteiger partial charge >= 0.3 is 0 Å². The normalized spacial score (nSPS) is 23.7. The summed E-state index contributed by atoms with van der Waals surface area (Å²) in [5.41, 5.74) is 5.82. The fourth-order valence-corrected chi connectivity index (χ4v) is 1.69. The quantitative estimate of drug-likeness (QED) is 0.805. The maximum atomic E-state index is 12.8. The summed E-state index contributed by atoms with van der Waals surface area (Å²) in [6, 6.07) is 3.36. The van der Waals surface area contributed by atoms with Crippen molar-refractivity contribution in [3.63, 3.8) is 0 Å². The van der Waals surface area contributed by atoms with Crippen molar-refractivity contribution in [2.75, 3.05) is 5.32 Å². The minimum atomic E-state index is -0.969. The molecule has 1 aliphatic rings. The number of nitrogens with two attached hydrogens (primary N) is 1. The van der Waals surface area contributed by atoms with E-state index in [4.69, 9.17) is 5.73 Å². The number of anilines is 1. The van der Waals surface area contributed by atoms with E-state index >= 15 is 0 Å². The maximum Gasteiger partial charge on any atom is 0.227 e. The van der Waals surface area contributed by atoms with Crippen LogP contribution >= 0.6 is 0 Å². The number of carbonyl (C=O) groups is 1. The molecule has 0 atom stereocenters. The van der Waals surface area contributed by atoms with E-state index in [1.54, 1.807) is 0 Å². The van der Waals surface area contributed by atoms with Crippen LogP contribution in [0.15, 0.2) is 18.2 Å². The number of halogens is 2. The molecule has 16 heavy (non-hydrogen) atoms. The first kappa shape index (κ1) is 11.0. The standard InChI is InChI=1S/C11H12F2N2O/c12-9-2-1-8(5-10(9)13)15-11(16)6-3-7(14)4-6/h1-2,5-7H,3-4,14H2,(H,15,16). The van der Waals surface area contributed by atoms with E-state index in [9.17, 15) is 13.6 Å². The van der Waals surface area contributed by atoms with Gasteiger partial charge in [0, 0.05) is 23.7 Å². The van der Waals surface area contributed by atoms with Crippen molar-refractivity contribution in [3.05, 3.63) is 29.8 Å². The maximum absolute atomic E-state index is 12.8. The highest BCUT2D eigenvalue weighted by atomic mass is 19.2. The molecule has 1 aromatic carbocycles. The fourth-order valence-electron chi connectivity index (χ4n) is 1.69. The molecule has 1 fully saturated rings. The van der Waals surface area contributed by atoms with Gasteiger partial charge in [0.25, 0.3) is 0 Å². The third-order valence-electron chi connectivity index (χ3n) is 2.73. The molecule has 2 rings (SSSR count). The number of benzene rings is 1. The van der Waals surface area contributed by atoms with Gasteiger partial charge in [0.05, 0.1) is 0 Å². The van der Waals surface area contributed by atoms with E-state index in [1.165, 1.54) is 6.07 Å². The highest BCUT2D eigenvalue weighted by Crippen LogP contribution is 2.27. The van der Waals surface area contributed by atoms with E-state index in [-0.39, 0.29) is 23.6 Å². The lowest BCUT2D eigenvalue weighted by Crippen LogP contribution is -2.42. The van der Waals surface area contributed by atoms with E-state index in [0.29, 0.717) is 12.8 Å². The van der Waals surface area contributed by atoms with Gasteiger partial charge in [0.1, 0.15) is 0 Å². The van der Waals surface area contributed by atoms with Gasteiger partial charge in [-0.2, -0.15) is 0 Å². The molecular weight excluding hydrogens is 214 g/mol. The Balaban J connectivity index is 1.98. The third-order valence-corrected chi connectivity index (χ3v) is 2.73. The summed E-state index contributed by atoms with van der Waals surface area (Å²) in [4.78, 5) is 11.6. The number of hydrogen-bond donors (Lipinski definition) is 2. The second kappa shape index (κ2) is 4.17. The molecule has 86 valence electrons. The molecule has 0 bridgehead atoms. The number of rotatable bonds is 2. The second-order valence-electron chi connectivity index (χ2n) is 4.05.